The Bertz CT molecular complexity index is 1040. The lowest BCUT2D eigenvalue weighted by Crippen LogP contribution is -2.36. The molecule has 0 radical (unpaired) electrons. The smallest absolute Gasteiger partial charge is 0.258 e. The minimum absolute atomic E-state index is 0.00774. The number of carbonyl (C=O) groups excluding carboxylic acids is 1. The zero-order chi connectivity index (χ0) is 19.5. The number of aryl methyl sites for hydroxylation is 1. The summed E-state index contributed by atoms with van der Waals surface area (Å²) in [6.45, 7) is 4.17. The van der Waals surface area contributed by atoms with Crippen molar-refractivity contribution in [1.29, 1.82) is 0 Å². The van der Waals surface area contributed by atoms with Crippen LogP contribution in [0.25, 0.3) is 10.8 Å². The van der Waals surface area contributed by atoms with E-state index in [4.69, 9.17) is 0 Å². The number of pyridine rings is 1. The quantitative estimate of drug-likeness (QED) is 0.707. The average Bonchev–Trinajstić information content (AvgIpc) is 2.96. The van der Waals surface area contributed by atoms with Gasteiger partial charge in [-0.05, 0) is 18.1 Å². The highest BCUT2D eigenvalue weighted by atomic mass is 16.2. The Morgan fingerprint density at radius 3 is 2.39 bits per heavy atom. The van der Waals surface area contributed by atoms with Gasteiger partial charge in [-0.1, -0.05) is 48.5 Å². The van der Waals surface area contributed by atoms with Crippen LogP contribution in [0.5, 0.6) is 0 Å². The normalized spacial score (nSPS) is 15.5. The molecule has 2 aromatic carbocycles. The molecule has 3 aromatic rings. The molecule has 4 rings (SSSR count). The van der Waals surface area contributed by atoms with Crippen molar-refractivity contribution in [3.63, 3.8) is 0 Å². The van der Waals surface area contributed by atoms with Crippen LogP contribution in [0, 0.1) is 0 Å². The number of hydrogen-bond acceptors (Lipinski definition) is 3. The van der Waals surface area contributed by atoms with E-state index in [-0.39, 0.29) is 11.5 Å². The highest BCUT2D eigenvalue weighted by Gasteiger charge is 2.23. The number of fused-ring (bicyclic) bond motifs is 1. The molecule has 0 atom stereocenters. The van der Waals surface area contributed by atoms with E-state index in [0.717, 1.165) is 38.0 Å². The summed E-state index contributed by atoms with van der Waals surface area (Å²) in [5.41, 5.74) is 1.83. The standard InChI is InChI=1S/C23H25N3O2/c1-24-17-21(19-10-5-6-11-20(19)22(24)27)23(28)26-13-7-12-25(14-15-26)16-18-8-3-2-4-9-18/h2-6,8-11,17H,7,12-16H2,1H3. The molecular formula is C23H25N3O2. The Kier molecular flexibility index (Phi) is 5.26. The van der Waals surface area contributed by atoms with Crippen molar-refractivity contribution in [2.45, 2.75) is 13.0 Å². The third kappa shape index (κ3) is 3.71. The number of rotatable bonds is 3. The minimum Gasteiger partial charge on any atom is -0.337 e. The first kappa shape index (κ1) is 18.4. The molecule has 1 aromatic heterocycles. The van der Waals surface area contributed by atoms with Crippen molar-refractivity contribution in [2.75, 3.05) is 26.2 Å². The molecule has 5 heteroatoms. The Balaban J connectivity index is 1.54. The fourth-order valence-electron chi connectivity index (χ4n) is 3.93. The summed E-state index contributed by atoms with van der Waals surface area (Å²) in [5.74, 6) is 0.00774. The van der Waals surface area contributed by atoms with Crippen molar-refractivity contribution < 1.29 is 4.79 Å². The third-order valence-corrected chi connectivity index (χ3v) is 5.45. The summed E-state index contributed by atoms with van der Waals surface area (Å²) < 4.78 is 1.51. The molecule has 0 bridgehead atoms. The maximum atomic E-state index is 13.3. The molecule has 0 N–H and O–H groups in total. The molecule has 1 aliphatic heterocycles. The van der Waals surface area contributed by atoms with E-state index in [1.54, 1.807) is 19.3 Å². The monoisotopic (exact) mass is 375 g/mol. The Hall–Kier alpha value is -2.92. The van der Waals surface area contributed by atoms with Gasteiger partial charge in [-0.15, -0.1) is 0 Å². The van der Waals surface area contributed by atoms with Gasteiger partial charge in [0, 0.05) is 56.7 Å². The van der Waals surface area contributed by atoms with E-state index in [2.05, 4.69) is 29.2 Å². The molecule has 28 heavy (non-hydrogen) atoms. The first-order valence-electron chi connectivity index (χ1n) is 9.77. The summed E-state index contributed by atoms with van der Waals surface area (Å²) >= 11 is 0. The molecule has 1 fully saturated rings. The van der Waals surface area contributed by atoms with Gasteiger partial charge in [0.15, 0.2) is 0 Å². The third-order valence-electron chi connectivity index (χ3n) is 5.45. The molecular weight excluding hydrogens is 350 g/mol. The van der Waals surface area contributed by atoms with Gasteiger partial charge in [-0.25, -0.2) is 0 Å². The fourth-order valence-corrected chi connectivity index (χ4v) is 3.93. The van der Waals surface area contributed by atoms with Crippen LogP contribution in [-0.4, -0.2) is 46.5 Å². The van der Waals surface area contributed by atoms with Gasteiger partial charge < -0.3 is 9.47 Å². The van der Waals surface area contributed by atoms with Gasteiger partial charge in [-0.3, -0.25) is 14.5 Å². The average molecular weight is 375 g/mol. The molecule has 0 spiro atoms. The van der Waals surface area contributed by atoms with Crippen LogP contribution in [0.2, 0.25) is 0 Å². The van der Waals surface area contributed by atoms with E-state index < -0.39 is 0 Å². The van der Waals surface area contributed by atoms with Gasteiger partial charge in [0.25, 0.3) is 11.5 Å². The number of aromatic nitrogens is 1. The van der Waals surface area contributed by atoms with Crippen molar-refractivity contribution >= 4 is 16.7 Å². The van der Waals surface area contributed by atoms with Crippen LogP contribution in [0.1, 0.15) is 22.3 Å². The Labute approximate surface area is 164 Å². The maximum absolute atomic E-state index is 13.3. The van der Waals surface area contributed by atoms with Crippen LogP contribution in [-0.2, 0) is 13.6 Å². The predicted octanol–water partition coefficient (Wildman–Crippen LogP) is 2.89. The molecule has 2 heterocycles. The first-order valence-corrected chi connectivity index (χ1v) is 9.77. The maximum Gasteiger partial charge on any atom is 0.258 e. The van der Waals surface area contributed by atoms with E-state index in [1.807, 2.05) is 29.2 Å². The van der Waals surface area contributed by atoms with Crippen LogP contribution in [0.4, 0.5) is 0 Å². The summed E-state index contributed by atoms with van der Waals surface area (Å²) in [7, 11) is 1.70. The highest BCUT2D eigenvalue weighted by molar-refractivity contribution is 6.06. The Morgan fingerprint density at radius 2 is 1.61 bits per heavy atom. The van der Waals surface area contributed by atoms with E-state index in [9.17, 15) is 9.59 Å². The fraction of sp³-hybridized carbons (Fsp3) is 0.304. The Morgan fingerprint density at radius 1 is 0.893 bits per heavy atom. The number of nitrogens with zero attached hydrogens (tertiary/aromatic N) is 3. The lowest BCUT2D eigenvalue weighted by molar-refractivity contribution is 0.0762. The molecule has 144 valence electrons. The molecule has 1 saturated heterocycles. The number of hydrogen-bond donors (Lipinski definition) is 0. The molecule has 1 amide bonds. The molecule has 0 unspecified atom stereocenters. The summed E-state index contributed by atoms with van der Waals surface area (Å²) in [6.07, 6.45) is 2.63. The van der Waals surface area contributed by atoms with Gasteiger partial charge in [0.2, 0.25) is 0 Å². The lowest BCUT2D eigenvalue weighted by atomic mass is 10.1. The summed E-state index contributed by atoms with van der Waals surface area (Å²) in [5, 5.41) is 1.33. The second kappa shape index (κ2) is 7.98. The first-order chi connectivity index (χ1) is 13.6. The van der Waals surface area contributed by atoms with Crippen LogP contribution in [0.3, 0.4) is 0 Å². The minimum atomic E-state index is -0.0722. The van der Waals surface area contributed by atoms with E-state index >= 15 is 0 Å². The van der Waals surface area contributed by atoms with Crippen molar-refractivity contribution in [3.05, 3.63) is 82.3 Å². The number of benzene rings is 2. The zero-order valence-corrected chi connectivity index (χ0v) is 16.2. The summed E-state index contributed by atoms with van der Waals surface area (Å²) in [6, 6.07) is 17.8. The van der Waals surface area contributed by atoms with Crippen molar-refractivity contribution in [1.82, 2.24) is 14.4 Å². The van der Waals surface area contributed by atoms with Crippen molar-refractivity contribution in [3.8, 4) is 0 Å². The van der Waals surface area contributed by atoms with Crippen LogP contribution < -0.4 is 5.56 Å². The lowest BCUT2D eigenvalue weighted by Gasteiger charge is -2.23. The number of carbonyl (C=O) groups is 1. The van der Waals surface area contributed by atoms with Gasteiger partial charge in [-0.2, -0.15) is 0 Å². The topological polar surface area (TPSA) is 45.6 Å². The van der Waals surface area contributed by atoms with Gasteiger partial charge >= 0.3 is 0 Å². The van der Waals surface area contributed by atoms with E-state index in [0.29, 0.717) is 17.5 Å². The molecule has 0 saturated carbocycles. The largest absolute Gasteiger partial charge is 0.337 e. The SMILES string of the molecule is Cn1cc(C(=O)N2CCCN(Cc3ccccc3)CC2)c2ccccc2c1=O. The van der Waals surface area contributed by atoms with Crippen LogP contribution >= 0.6 is 0 Å². The van der Waals surface area contributed by atoms with Crippen molar-refractivity contribution in [2.24, 2.45) is 7.05 Å². The second-order valence-corrected chi connectivity index (χ2v) is 7.41. The van der Waals surface area contributed by atoms with E-state index in [1.165, 1.54) is 10.1 Å². The predicted molar refractivity (Wildman–Crippen MR) is 111 cm³/mol. The zero-order valence-electron chi connectivity index (χ0n) is 16.2. The highest BCUT2D eigenvalue weighted by Crippen LogP contribution is 2.18. The molecule has 1 aliphatic rings. The summed E-state index contributed by atoms with van der Waals surface area (Å²) in [4.78, 5) is 30.0. The molecule has 5 nitrogen and oxygen atoms in total. The second-order valence-electron chi connectivity index (χ2n) is 7.41. The number of amides is 1. The van der Waals surface area contributed by atoms with Gasteiger partial charge in [0.1, 0.15) is 0 Å². The molecule has 0 aliphatic carbocycles. The van der Waals surface area contributed by atoms with Gasteiger partial charge in [0.05, 0.1) is 5.56 Å². The van der Waals surface area contributed by atoms with Crippen LogP contribution in [0.15, 0.2) is 65.6 Å².